The molecule has 1 aliphatic carbocycles. The molecular formula is C27H30O16. The van der Waals surface area contributed by atoms with E-state index in [1.165, 1.54) is 30.3 Å². The van der Waals surface area contributed by atoms with Gasteiger partial charge >= 0.3 is 0 Å². The first-order valence-electron chi connectivity index (χ1n) is 13.1. The largest absolute Gasteiger partial charge is 0.508 e. The molecule has 1 aromatic rings. The lowest BCUT2D eigenvalue weighted by molar-refractivity contribution is -0.349. The molecule has 2 fully saturated rings. The van der Waals surface area contributed by atoms with E-state index in [1.807, 2.05) is 0 Å². The molecule has 0 aromatic heterocycles. The van der Waals surface area contributed by atoms with Gasteiger partial charge in [0.15, 0.2) is 23.9 Å². The number of rotatable bonds is 7. The van der Waals surface area contributed by atoms with Crippen LogP contribution in [0, 0.1) is 0 Å². The van der Waals surface area contributed by atoms with Crippen LogP contribution in [0.25, 0.3) is 6.08 Å². The average Bonchev–Trinajstić information content (AvgIpc) is 3.39. The van der Waals surface area contributed by atoms with E-state index < -0.39 is 114 Å². The highest BCUT2D eigenvalue weighted by atomic mass is 16.8. The maximum atomic E-state index is 13.8. The Morgan fingerprint density at radius 3 is 2.12 bits per heavy atom. The number of aromatic hydroxyl groups is 1. The van der Waals surface area contributed by atoms with Crippen LogP contribution in [0.2, 0.25) is 0 Å². The monoisotopic (exact) mass is 610 g/mol. The number of phenols is 1. The maximum Gasteiger partial charge on any atom is 0.294 e. The van der Waals surface area contributed by atoms with E-state index in [0.29, 0.717) is 5.56 Å². The zero-order valence-corrected chi connectivity index (χ0v) is 22.1. The molecule has 0 bridgehead atoms. The van der Waals surface area contributed by atoms with Crippen molar-refractivity contribution in [2.75, 3.05) is 13.2 Å². The predicted octanol–water partition coefficient (Wildman–Crippen LogP) is -3.99. The van der Waals surface area contributed by atoms with E-state index in [4.69, 9.17) is 18.9 Å². The topological polar surface area (TPSA) is 273 Å². The molecule has 43 heavy (non-hydrogen) atoms. The first kappa shape index (κ1) is 31.2. The van der Waals surface area contributed by atoms with Crippen LogP contribution in [0.15, 0.2) is 53.0 Å². The van der Waals surface area contributed by atoms with Crippen molar-refractivity contribution in [3.05, 3.63) is 58.6 Å². The van der Waals surface area contributed by atoms with Crippen LogP contribution >= 0.6 is 0 Å². The second-order valence-electron chi connectivity index (χ2n) is 10.4. The number of phenolic OH excluding ortho intramolecular Hbond substituents is 1. The first-order chi connectivity index (χ1) is 20.3. The highest BCUT2D eigenvalue weighted by Crippen LogP contribution is 2.48. The van der Waals surface area contributed by atoms with Gasteiger partial charge in [0.05, 0.1) is 18.8 Å². The molecule has 2 saturated heterocycles. The molecule has 0 saturated carbocycles. The molecule has 1 aromatic carbocycles. The molecule has 16 heteroatoms. The van der Waals surface area contributed by atoms with E-state index in [9.17, 15) is 60.7 Å². The van der Waals surface area contributed by atoms with Crippen molar-refractivity contribution >= 4 is 17.6 Å². The van der Waals surface area contributed by atoms with Crippen molar-refractivity contribution in [2.24, 2.45) is 0 Å². The minimum Gasteiger partial charge on any atom is -0.508 e. The third kappa shape index (κ3) is 5.15. The number of hydrogen-bond donors (Lipinski definition) is 10. The summed E-state index contributed by atoms with van der Waals surface area (Å²) >= 11 is 0. The van der Waals surface area contributed by atoms with Gasteiger partial charge in [-0.25, -0.2) is 0 Å². The minimum absolute atomic E-state index is 0.0575. The quantitative estimate of drug-likeness (QED) is 0.0800. The number of Topliss-reactive ketones (excluding diaryl/α,β-unsaturated/α-hetero) is 1. The highest BCUT2D eigenvalue weighted by Gasteiger charge is 2.64. The summed E-state index contributed by atoms with van der Waals surface area (Å²) < 4.78 is 21.8. The third-order valence-corrected chi connectivity index (χ3v) is 7.69. The minimum atomic E-state index is -3.41. The fourth-order valence-corrected chi connectivity index (χ4v) is 5.31. The van der Waals surface area contributed by atoms with Crippen LogP contribution < -0.4 is 0 Å². The van der Waals surface area contributed by atoms with E-state index in [0.717, 1.165) is 6.08 Å². The van der Waals surface area contributed by atoms with Crippen molar-refractivity contribution < 1.29 is 79.6 Å². The molecule has 0 radical (unpaired) electrons. The van der Waals surface area contributed by atoms with Crippen LogP contribution in [-0.2, 0) is 28.5 Å². The van der Waals surface area contributed by atoms with Crippen LogP contribution in [-0.4, -0.2) is 143 Å². The number of benzene rings is 1. The Kier molecular flexibility index (Phi) is 8.47. The molecule has 4 aliphatic rings. The summed E-state index contributed by atoms with van der Waals surface area (Å²) in [5.74, 6) is -8.23. The number of allylic oxidation sites excluding steroid dienone is 1. The lowest BCUT2D eigenvalue weighted by Gasteiger charge is -2.43. The molecule has 0 amide bonds. The Labute approximate surface area is 242 Å². The summed E-state index contributed by atoms with van der Waals surface area (Å²) in [6.45, 7) is -1.70. The summed E-state index contributed by atoms with van der Waals surface area (Å²) in [6.07, 6.45) is -15.7. The number of carbonyl (C=O) groups excluding carboxylic acids is 2. The molecule has 3 aliphatic heterocycles. The predicted molar refractivity (Wildman–Crippen MR) is 136 cm³/mol. The smallest absolute Gasteiger partial charge is 0.294 e. The van der Waals surface area contributed by atoms with Crippen molar-refractivity contribution in [3.8, 4) is 5.75 Å². The van der Waals surface area contributed by atoms with Gasteiger partial charge in [0.2, 0.25) is 5.78 Å². The SMILES string of the molecule is O=C(/C=C/c1ccc(O)cc1)C1=C(O)C2=C(O[C@H]3[C@H](O)[C@H](O)[C@H](CO)O[C@@H]23)[C@@](O)(O[C@@H]2O[C@H](CO)[C@@H](O)[C@H](O)[C@H]2O)C1=O. The summed E-state index contributed by atoms with van der Waals surface area (Å²) in [4.78, 5) is 27.1. The van der Waals surface area contributed by atoms with Crippen LogP contribution in [0.5, 0.6) is 5.75 Å². The zero-order valence-electron chi connectivity index (χ0n) is 22.1. The molecule has 16 nitrogen and oxygen atoms in total. The van der Waals surface area contributed by atoms with Crippen molar-refractivity contribution in [2.45, 2.75) is 67.0 Å². The van der Waals surface area contributed by atoms with Crippen LogP contribution in [0.4, 0.5) is 0 Å². The number of ether oxygens (including phenoxy) is 4. The van der Waals surface area contributed by atoms with Gasteiger partial charge in [-0.3, -0.25) is 9.59 Å². The number of ketones is 2. The standard InChI is InChI=1S/C27H30O16/c28-7-12-17(33)20(36)23-22(40-12)15-18(34)14(11(31)6-3-9-1-4-10(30)5-2-9)24(38)27(39,25(15)42-23)43-26-21(37)19(35)16(32)13(8-29)41-26/h1-6,12-13,16-17,19-23,26,28-30,32-37,39H,7-8H2/b6-3+/t12-,13+,16+,17+,19-,20+,21+,22-,23-,26-,27-/m0/s1. The molecular weight excluding hydrogens is 580 g/mol. The van der Waals surface area contributed by atoms with Gasteiger partial charge < -0.3 is 70.0 Å². The van der Waals surface area contributed by atoms with Gasteiger partial charge in [-0.1, -0.05) is 18.2 Å². The fraction of sp³-hybridized carbons (Fsp3) is 0.481. The lowest BCUT2D eigenvalue weighted by atomic mass is 9.83. The second kappa shape index (κ2) is 11.7. The van der Waals surface area contributed by atoms with Crippen molar-refractivity contribution in [3.63, 3.8) is 0 Å². The number of fused-ring (bicyclic) bond motifs is 2. The van der Waals surface area contributed by atoms with Crippen molar-refractivity contribution in [1.29, 1.82) is 0 Å². The zero-order chi connectivity index (χ0) is 31.4. The van der Waals surface area contributed by atoms with E-state index >= 15 is 0 Å². The summed E-state index contributed by atoms with van der Waals surface area (Å²) in [5.41, 5.74) is -1.23. The Balaban J connectivity index is 1.58. The Bertz CT molecular complexity index is 1350. The molecule has 234 valence electrons. The number of carbonyl (C=O) groups is 2. The summed E-state index contributed by atoms with van der Waals surface area (Å²) in [5, 5.41) is 103. The van der Waals surface area contributed by atoms with Gasteiger partial charge in [0, 0.05) is 0 Å². The highest BCUT2D eigenvalue weighted by molar-refractivity contribution is 6.28. The van der Waals surface area contributed by atoms with Gasteiger partial charge in [0.1, 0.15) is 65.9 Å². The van der Waals surface area contributed by atoms with Gasteiger partial charge in [-0.2, -0.15) is 0 Å². The maximum absolute atomic E-state index is 13.8. The molecule has 10 N–H and O–H groups in total. The fourth-order valence-electron chi connectivity index (χ4n) is 5.31. The number of hydrogen-bond acceptors (Lipinski definition) is 16. The van der Waals surface area contributed by atoms with Crippen LogP contribution in [0.3, 0.4) is 0 Å². The van der Waals surface area contributed by atoms with Crippen molar-refractivity contribution in [1.82, 2.24) is 0 Å². The third-order valence-electron chi connectivity index (χ3n) is 7.69. The Morgan fingerprint density at radius 2 is 1.49 bits per heavy atom. The molecule has 11 atom stereocenters. The Hall–Kier alpha value is -3.26. The van der Waals surface area contributed by atoms with Gasteiger partial charge in [-0.05, 0) is 23.8 Å². The summed E-state index contributed by atoms with van der Waals surface area (Å²) in [6, 6.07) is 5.51. The van der Waals surface area contributed by atoms with Gasteiger partial charge in [0.25, 0.3) is 5.79 Å². The molecule has 0 unspecified atom stereocenters. The normalized spacial score (nSPS) is 39.6. The summed E-state index contributed by atoms with van der Waals surface area (Å²) in [7, 11) is 0. The lowest BCUT2D eigenvalue weighted by Crippen LogP contribution is -2.62. The molecule has 0 spiro atoms. The number of aliphatic hydroxyl groups is 9. The second-order valence-corrected chi connectivity index (χ2v) is 10.4. The average molecular weight is 611 g/mol. The van der Waals surface area contributed by atoms with E-state index in [-0.39, 0.29) is 5.75 Å². The first-order valence-corrected chi connectivity index (χ1v) is 13.1. The molecule has 3 heterocycles. The van der Waals surface area contributed by atoms with E-state index in [1.54, 1.807) is 0 Å². The van der Waals surface area contributed by atoms with E-state index in [2.05, 4.69) is 0 Å². The van der Waals surface area contributed by atoms with Gasteiger partial charge in [-0.15, -0.1) is 0 Å². The number of aliphatic hydroxyl groups excluding tert-OH is 8. The molecule has 5 rings (SSSR count). The van der Waals surface area contributed by atoms with Crippen LogP contribution in [0.1, 0.15) is 5.56 Å². The Morgan fingerprint density at radius 1 is 0.884 bits per heavy atom.